The minimum Gasteiger partial charge on any atom is -0.464 e. The van der Waals surface area contributed by atoms with Crippen molar-refractivity contribution in [2.45, 2.75) is 40.7 Å². The minimum atomic E-state index is -0.350. The van der Waals surface area contributed by atoms with E-state index in [2.05, 4.69) is 4.99 Å². The average Bonchev–Trinajstić information content (AvgIpc) is 2.03. The number of hydrogen-bond acceptors (Lipinski definition) is 3. The summed E-state index contributed by atoms with van der Waals surface area (Å²) in [5, 5.41) is 0. The van der Waals surface area contributed by atoms with Crippen LogP contribution in [-0.4, -0.2) is 24.8 Å². The van der Waals surface area contributed by atoms with Crippen molar-refractivity contribution < 1.29 is 9.53 Å². The summed E-state index contributed by atoms with van der Waals surface area (Å²) in [6.07, 6.45) is 1.81. The van der Waals surface area contributed by atoms with Crippen LogP contribution in [0.4, 0.5) is 0 Å². The molecule has 0 aliphatic rings. The Labute approximate surface area is 86.6 Å². The zero-order chi connectivity index (χ0) is 11.1. The van der Waals surface area contributed by atoms with Crippen molar-refractivity contribution in [1.29, 1.82) is 0 Å². The maximum absolute atomic E-state index is 11.5. The van der Waals surface area contributed by atoms with Gasteiger partial charge in [0.15, 0.2) is 0 Å². The Hall–Kier alpha value is -0.860. The van der Waals surface area contributed by atoms with Gasteiger partial charge in [-0.15, -0.1) is 0 Å². The lowest BCUT2D eigenvalue weighted by atomic mass is 10.1. The van der Waals surface area contributed by atoms with E-state index in [-0.39, 0.29) is 17.9 Å². The molecule has 0 aromatic carbocycles. The Morgan fingerprint density at radius 2 is 1.93 bits per heavy atom. The highest BCUT2D eigenvalue weighted by molar-refractivity contribution is 5.78. The van der Waals surface area contributed by atoms with E-state index in [1.807, 2.05) is 33.9 Å². The Kier molecular flexibility index (Phi) is 6.17. The minimum absolute atomic E-state index is 0.184. The highest BCUT2D eigenvalue weighted by atomic mass is 16.5. The number of aliphatic imine (C=N–C) groups is 1. The van der Waals surface area contributed by atoms with Crippen LogP contribution in [0.1, 0.15) is 34.6 Å². The molecule has 0 bridgehead atoms. The van der Waals surface area contributed by atoms with E-state index in [1.54, 1.807) is 6.92 Å². The van der Waals surface area contributed by atoms with E-state index in [0.717, 1.165) is 0 Å². The topological polar surface area (TPSA) is 38.7 Å². The Balaban J connectivity index is 4.36. The summed E-state index contributed by atoms with van der Waals surface area (Å²) in [5.74, 6) is 0.328. The zero-order valence-electron chi connectivity index (χ0n) is 9.78. The fourth-order valence-electron chi connectivity index (χ4n) is 0.998. The van der Waals surface area contributed by atoms with E-state index < -0.39 is 0 Å². The summed E-state index contributed by atoms with van der Waals surface area (Å²) in [6.45, 7) is 10.2. The van der Waals surface area contributed by atoms with Gasteiger partial charge in [-0.05, 0) is 18.8 Å². The van der Waals surface area contributed by atoms with Gasteiger partial charge in [0.05, 0.1) is 6.61 Å². The predicted molar refractivity (Wildman–Crippen MR) is 58.6 cm³/mol. The molecule has 3 nitrogen and oxygen atoms in total. The summed E-state index contributed by atoms with van der Waals surface area (Å²) in [4.78, 5) is 15.7. The first-order valence-electron chi connectivity index (χ1n) is 5.19. The fraction of sp³-hybridized carbons (Fsp3) is 0.818. The van der Waals surface area contributed by atoms with Crippen LogP contribution in [-0.2, 0) is 9.53 Å². The van der Waals surface area contributed by atoms with Crippen molar-refractivity contribution in [1.82, 2.24) is 0 Å². The van der Waals surface area contributed by atoms with Gasteiger partial charge in [0.1, 0.15) is 6.04 Å². The van der Waals surface area contributed by atoms with Gasteiger partial charge in [0, 0.05) is 6.21 Å². The summed E-state index contributed by atoms with van der Waals surface area (Å²) in [5.41, 5.74) is 0. The van der Waals surface area contributed by atoms with Crippen LogP contribution in [0.25, 0.3) is 0 Å². The van der Waals surface area contributed by atoms with Crippen LogP contribution in [0.5, 0.6) is 0 Å². The molecule has 0 fully saturated rings. The molecule has 0 aliphatic carbocycles. The molecule has 3 heteroatoms. The lowest BCUT2D eigenvalue weighted by Crippen LogP contribution is -2.27. The van der Waals surface area contributed by atoms with Crippen LogP contribution in [0, 0.1) is 11.8 Å². The normalized spacial score (nSPS) is 13.9. The number of rotatable bonds is 5. The summed E-state index contributed by atoms with van der Waals surface area (Å²) < 4.78 is 4.94. The number of hydrogen-bond donors (Lipinski definition) is 0. The average molecular weight is 199 g/mol. The van der Waals surface area contributed by atoms with Crippen LogP contribution < -0.4 is 0 Å². The number of carbonyl (C=O) groups excluding carboxylic acids is 1. The van der Waals surface area contributed by atoms with Crippen molar-refractivity contribution >= 4 is 12.2 Å². The molecule has 1 atom stereocenters. The lowest BCUT2D eigenvalue weighted by Gasteiger charge is -2.14. The second-order valence-electron chi connectivity index (χ2n) is 3.98. The molecule has 0 aromatic heterocycles. The first kappa shape index (κ1) is 13.1. The van der Waals surface area contributed by atoms with Gasteiger partial charge in [0.2, 0.25) is 0 Å². The van der Waals surface area contributed by atoms with E-state index in [0.29, 0.717) is 12.5 Å². The molecule has 0 amide bonds. The SMILES string of the molecule is CCOC(=O)[C@@H](N=CC(C)C)C(C)C. The van der Waals surface area contributed by atoms with Gasteiger partial charge < -0.3 is 4.74 Å². The van der Waals surface area contributed by atoms with Crippen LogP contribution in [0.3, 0.4) is 0 Å². The molecule has 0 heterocycles. The molecular weight excluding hydrogens is 178 g/mol. The summed E-state index contributed by atoms with van der Waals surface area (Å²) in [6, 6.07) is -0.350. The molecule has 0 aromatic rings. The maximum atomic E-state index is 11.5. The molecule has 0 aliphatic heterocycles. The largest absolute Gasteiger partial charge is 0.464 e. The Morgan fingerprint density at radius 3 is 2.29 bits per heavy atom. The standard InChI is InChI=1S/C11H21NO2/c1-6-14-11(13)10(9(4)5)12-7-8(2)3/h7-10H,6H2,1-5H3/t10-/m0/s1. The van der Waals surface area contributed by atoms with Gasteiger partial charge in [-0.2, -0.15) is 0 Å². The third-order valence-corrected chi connectivity index (χ3v) is 1.70. The van der Waals surface area contributed by atoms with Gasteiger partial charge >= 0.3 is 5.97 Å². The first-order valence-corrected chi connectivity index (χ1v) is 5.19. The maximum Gasteiger partial charge on any atom is 0.331 e. The number of esters is 1. The van der Waals surface area contributed by atoms with Crippen LogP contribution >= 0.6 is 0 Å². The predicted octanol–water partition coefficient (Wildman–Crippen LogP) is 2.30. The van der Waals surface area contributed by atoms with Gasteiger partial charge in [-0.1, -0.05) is 27.7 Å². The molecule has 14 heavy (non-hydrogen) atoms. The molecule has 0 N–H and O–H groups in total. The molecule has 0 saturated carbocycles. The first-order chi connectivity index (χ1) is 6.49. The van der Waals surface area contributed by atoms with E-state index >= 15 is 0 Å². The number of nitrogens with zero attached hydrogens (tertiary/aromatic N) is 1. The quantitative estimate of drug-likeness (QED) is 0.503. The summed E-state index contributed by atoms with van der Waals surface area (Å²) in [7, 11) is 0. The summed E-state index contributed by atoms with van der Waals surface area (Å²) >= 11 is 0. The highest BCUT2D eigenvalue weighted by Gasteiger charge is 2.21. The molecule has 0 saturated heterocycles. The third kappa shape index (κ3) is 5.00. The van der Waals surface area contributed by atoms with Crippen molar-refractivity contribution in [2.24, 2.45) is 16.8 Å². The third-order valence-electron chi connectivity index (χ3n) is 1.70. The van der Waals surface area contributed by atoms with E-state index in [4.69, 9.17) is 4.74 Å². The van der Waals surface area contributed by atoms with Gasteiger partial charge in [-0.25, -0.2) is 4.79 Å². The lowest BCUT2D eigenvalue weighted by molar-refractivity contribution is -0.145. The monoisotopic (exact) mass is 199 g/mol. The molecule has 0 rings (SSSR count). The van der Waals surface area contributed by atoms with Crippen molar-refractivity contribution in [2.75, 3.05) is 6.61 Å². The molecule has 0 spiro atoms. The molecular formula is C11H21NO2. The number of carbonyl (C=O) groups is 1. The highest BCUT2D eigenvalue weighted by Crippen LogP contribution is 2.08. The number of ether oxygens (including phenoxy) is 1. The molecule has 0 unspecified atom stereocenters. The van der Waals surface area contributed by atoms with Gasteiger partial charge in [0.25, 0.3) is 0 Å². The van der Waals surface area contributed by atoms with Crippen LogP contribution in [0.15, 0.2) is 4.99 Å². The van der Waals surface area contributed by atoms with Crippen molar-refractivity contribution in [3.63, 3.8) is 0 Å². The molecule has 82 valence electrons. The Morgan fingerprint density at radius 1 is 1.36 bits per heavy atom. The molecule has 0 radical (unpaired) electrons. The van der Waals surface area contributed by atoms with Crippen molar-refractivity contribution in [3.05, 3.63) is 0 Å². The van der Waals surface area contributed by atoms with E-state index in [1.165, 1.54) is 0 Å². The second kappa shape index (κ2) is 6.57. The second-order valence-corrected chi connectivity index (χ2v) is 3.98. The van der Waals surface area contributed by atoms with Crippen molar-refractivity contribution in [3.8, 4) is 0 Å². The smallest absolute Gasteiger partial charge is 0.331 e. The zero-order valence-corrected chi connectivity index (χ0v) is 9.78. The van der Waals surface area contributed by atoms with Gasteiger partial charge in [-0.3, -0.25) is 4.99 Å². The van der Waals surface area contributed by atoms with Crippen LogP contribution in [0.2, 0.25) is 0 Å². The van der Waals surface area contributed by atoms with E-state index in [9.17, 15) is 4.79 Å². The Bertz CT molecular complexity index is 197. The fourth-order valence-corrected chi connectivity index (χ4v) is 0.998.